The van der Waals surface area contributed by atoms with Crippen molar-refractivity contribution < 1.29 is 19.1 Å². The van der Waals surface area contributed by atoms with Crippen LogP contribution in [-0.2, 0) is 20.7 Å². The monoisotopic (exact) mass is 406 g/mol. The van der Waals surface area contributed by atoms with E-state index in [-0.39, 0.29) is 17.7 Å². The molecule has 0 saturated carbocycles. The minimum absolute atomic E-state index is 0.0566. The first-order valence-corrected chi connectivity index (χ1v) is 10.3. The second-order valence-corrected chi connectivity index (χ2v) is 8.04. The van der Waals surface area contributed by atoms with Gasteiger partial charge in [-0.2, -0.15) is 0 Å². The summed E-state index contributed by atoms with van der Waals surface area (Å²) in [5.74, 6) is -0.926. The summed E-state index contributed by atoms with van der Waals surface area (Å²) in [7, 11) is 1.34. The van der Waals surface area contributed by atoms with Gasteiger partial charge in [0.05, 0.1) is 13.0 Å². The molecule has 2 unspecified atom stereocenters. The first-order chi connectivity index (χ1) is 14.5. The second-order valence-electron chi connectivity index (χ2n) is 8.04. The Morgan fingerprint density at radius 3 is 2.50 bits per heavy atom. The molecule has 2 aliphatic rings. The minimum Gasteiger partial charge on any atom is -0.467 e. The van der Waals surface area contributed by atoms with Crippen LogP contribution in [0.5, 0.6) is 0 Å². The fourth-order valence-electron chi connectivity index (χ4n) is 4.42. The lowest BCUT2D eigenvalue weighted by Crippen LogP contribution is -2.51. The zero-order chi connectivity index (χ0) is 21.3. The number of hydrogen-bond donors (Lipinski definition) is 0. The number of nitrogens with zero attached hydrogens (tertiary/aromatic N) is 2. The van der Waals surface area contributed by atoms with Crippen molar-refractivity contribution in [1.29, 1.82) is 0 Å². The van der Waals surface area contributed by atoms with Crippen molar-refractivity contribution in [2.24, 2.45) is 5.92 Å². The van der Waals surface area contributed by atoms with Gasteiger partial charge in [0, 0.05) is 30.8 Å². The highest BCUT2D eigenvalue weighted by molar-refractivity contribution is 6.04. The van der Waals surface area contributed by atoms with E-state index in [1.807, 2.05) is 55.5 Å². The van der Waals surface area contributed by atoms with Crippen molar-refractivity contribution in [3.63, 3.8) is 0 Å². The molecule has 0 bridgehead atoms. The third-order valence-corrected chi connectivity index (χ3v) is 6.04. The largest absolute Gasteiger partial charge is 0.467 e. The number of amides is 2. The summed E-state index contributed by atoms with van der Waals surface area (Å²) in [6.07, 6.45) is 1.91. The molecule has 156 valence electrons. The molecule has 6 heteroatoms. The number of hydrogen-bond acceptors (Lipinski definition) is 4. The molecule has 1 saturated heterocycles. The number of rotatable bonds is 3. The first kappa shape index (κ1) is 20.1. The van der Waals surface area contributed by atoms with Crippen LogP contribution in [0.1, 0.15) is 34.3 Å². The highest BCUT2D eigenvalue weighted by Gasteiger charge is 2.42. The van der Waals surface area contributed by atoms with Crippen LogP contribution in [0.15, 0.2) is 48.5 Å². The van der Waals surface area contributed by atoms with E-state index in [0.717, 1.165) is 23.2 Å². The van der Waals surface area contributed by atoms with Crippen LogP contribution in [0.3, 0.4) is 0 Å². The average Bonchev–Trinajstić information content (AvgIpc) is 3.17. The number of methoxy groups -OCH3 is 1. The van der Waals surface area contributed by atoms with Gasteiger partial charge in [0.1, 0.15) is 6.04 Å². The molecule has 0 radical (unpaired) electrons. The topological polar surface area (TPSA) is 66.9 Å². The highest BCUT2D eigenvalue weighted by Crippen LogP contribution is 2.35. The molecule has 0 aliphatic carbocycles. The summed E-state index contributed by atoms with van der Waals surface area (Å²) in [6.45, 7) is 2.97. The SMILES string of the molecule is COC(=O)C1Cc2ccccc2N1C(=O)C1CCCN(C(=O)c2ccc(C)cc2)C1. The molecular weight excluding hydrogens is 380 g/mol. The Morgan fingerprint density at radius 1 is 1.03 bits per heavy atom. The zero-order valence-corrected chi connectivity index (χ0v) is 17.3. The second kappa shape index (κ2) is 8.30. The van der Waals surface area contributed by atoms with E-state index in [0.29, 0.717) is 31.5 Å². The normalized spacial score (nSPS) is 20.6. The molecule has 0 aromatic heterocycles. The van der Waals surface area contributed by atoms with Crippen molar-refractivity contribution in [1.82, 2.24) is 4.90 Å². The van der Waals surface area contributed by atoms with Gasteiger partial charge in [-0.1, -0.05) is 35.9 Å². The van der Waals surface area contributed by atoms with Crippen LogP contribution in [0, 0.1) is 12.8 Å². The number of piperidine rings is 1. The smallest absolute Gasteiger partial charge is 0.329 e. The quantitative estimate of drug-likeness (QED) is 0.735. The maximum Gasteiger partial charge on any atom is 0.329 e. The molecule has 2 aliphatic heterocycles. The van der Waals surface area contributed by atoms with Crippen LogP contribution in [0.4, 0.5) is 5.69 Å². The van der Waals surface area contributed by atoms with Gasteiger partial charge < -0.3 is 9.64 Å². The average molecular weight is 406 g/mol. The van der Waals surface area contributed by atoms with Crippen LogP contribution in [0.25, 0.3) is 0 Å². The maximum absolute atomic E-state index is 13.5. The van der Waals surface area contributed by atoms with Gasteiger partial charge in [-0.25, -0.2) is 4.79 Å². The molecule has 0 N–H and O–H groups in total. The Balaban J connectivity index is 1.55. The predicted octanol–water partition coefficient (Wildman–Crippen LogP) is 2.98. The Morgan fingerprint density at radius 2 is 1.77 bits per heavy atom. The van der Waals surface area contributed by atoms with E-state index in [4.69, 9.17) is 4.74 Å². The Labute approximate surface area is 176 Å². The minimum atomic E-state index is -0.650. The molecule has 4 rings (SSSR count). The molecule has 30 heavy (non-hydrogen) atoms. The molecule has 6 nitrogen and oxygen atoms in total. The molecule has 1 fully saturated rings. The van der Waals surface area contributed by atoms with Gasteiger partial charge in [0.25, 0.3) is 5.91 Å². The van der Waals surface area contributed by atoms with Crippen molar-refractivity contribution in [3.05, 3.63) is 65.2 Å². The summed E-state index contributed by atoms with van der Waals surface area (Å²) in [5.41, 5.74) is 3.46. The van der Waals surface area contributed by atoms with Crippen molar-refractivity contribution in [3.8, 4) is 0 Å². The van der Waals surface area contributed by atoms with Crippen molar-refractivity contribution >= 4 is 23.5 Å². The number of benzene rings is 2. The van der Waals surface area contributed by atoms with E-state index < -0.39 is 12.0 Å². The fraction of sp³-hybridized carbons (Fsp3) is 0.375. The number of aryl methyl sites for hydroxylation is 1. The fourth-order valence-corrected chi connectivity index (χ4v) is 4.42. The van der Waals surface area contributed by atoms with Gasteiger partial charge >= 0.3 is 5.97 Å². The van der Waals surface area contributed by atoms with Crippen molar-refractivity contribution in [2.75, 3.05) is 25.1 Å². The number of likely N-dealkylation sites (tertiary alicyclic amines) is 1. The predicted molar refractivity (Wildman–Crippen MR) is 113 cm³/mol. The highest BCUT2D eigenvalue weighted by atomic mass is 16.5. The lowest BCUT2D eigenvalue weighted by Gasteiger charge is -2.35. The number of carbonyl (C=O) groups is 3. The zero-order valence-electron chi connectivity index (χ0n) is 17.3. The van der Waals surface area contributed by atoms with E-state index in [1.54, 1.807) is 9.80 Å². The Kier molecular flexibility index (Phi) is 5.57. The Hall–Kier alpha value is -3.15. The van der Waals surface area contributed by atoms with Gasteiger partial charge in [0.2, 0.25) is 5.91 Å². The van der Waals surface area contributed by atoms with E-state index >= 15 is 0 Å². The van der Waals surface area contributed by atoms with Crippen LogP contribution >= 0.6 is 0 Å². The van der Waals surface area contributed by atoms with Crippen LogP contribution in [-0.4, -0.2) is 48.9 Å². The number of carbonyl (C=O) groups excluding carboxylic acids is 3. The van der Waals surface area contributed by atoms with Gasteiger partial charge in [-0.3, -0.25) is 14.5 Å². The molecule has 2 aromatic carbocycles. The van der Waals surface area contributed by atoms with Crippen molar-refractivity contribution in [2.45, 2.75) is 32.2 Å². The summed E-state index contributed by atoms with van der Waals surface area (Å²) < 4.78 is 4.96. The van der Waals surface area contributed by atoms with Crippen LogP contribution in [0.2, 0.25) is 0 Å². The molecule has 2 heterocycles. The number of para-hydroxylation sites is 1. The Bertz CT molecular complexity index is 969. The first-order valence-electron chi connectivity index (χ1n) is 10.3. The number of esters is 1. The molecule has 2 atom stereocenters. The summed E-state index contributed by atoms with van der Waals surface area (Å²) in [4.78, 5) is 42.2. The molecule has 0 spiro atoms. The number of ether oxygens (including phenoxy) is 1. The lowest BCUT2D eigenvalue weighted by atomic mass is 9.95. The summed E-state index contributed by atoms with van der Waals surface area (Å²) in [5, 5.41) is 0. The van der Waals surface area contributed by atoms with Gasteiger partial charge in [0.15, 0.2) is 0 Å². The third-order valence-electron chi connectivity index (χ3n) is 6.04. The van der Waals surface area contributed by atoms with Gasteiger partial charge in [-0.15, -0.1) is 0 Å². The van der Waals surface area contributed by atoms with Gasteiger partial charge in [-0.05, 0) is 43.5 Å². The molecule has 2 aromatic rings. The standard InChI is InChI=1S/C24H26N2O4/c1-16-9-11-17(12-10-16)22(27)25-13-5-7-19(15-25)23(28)26-20-8-4-3-6-18(20)14-21(26)24(29)30-2/h3-4,6,8-12,19,21H,5,7,13-15H2,1-2H3. The third kappa shape index (κ3) is 3.70. The van der Waals surface area contributed by atoms with E-state index in [9.17, 15) is 14.4 Å². The summed E-state index contributed by atoms with van der Waals surface area (Å²) >= 11 is 0. The number of fused-ring (bicyclic) bond motifs is 1. The van der Waals surface area contributed by atoms with Crippen LogP contribution < -0.4 is 4.90 Å². The lowest BCUT2D eigenvalue weighted by molar-refractivity contribution is -0.143. The number of anilines is 1. The molecule has 2 amide bonds. The summed E-state index contributed by atoms with van der Waals surface area (Å²) in [6, 6.07) is 14.4. The molecular formula is C24H26N2O4. The van der Waals surface area contributed by atoms with E-state index in [2.05, 4.69) is 0 Å². The maximum atomic E-state index is 13.5. The van der Waals surface area contributed by atoms with E-state index in [1.165, 1.54) is 7.11 Å².